The number of aliphatic carboxylic acids is 1. The van der Waals surface area contributed by atoms with Gasteiger partial charge in [0.2, 0.25) is 0 Å². The first-order valence-corrected chi connectivity index (χ1v) is 6.62. The van der Waals surface area contributed by atoms with E-state index in [1.54, 1.807) is 0 Å². The summed E-state index contributed by atoms with van der Waals surface area (Å²) in [6, 6.07) is 4.28. The molecule has 1 aromatic rings. The molecule has 0 spiro atoms. The van der Waals surface area contributed by atoms with Crippen molar-refractivity contribution in [2.24, 2.45) is 0 Å². The third-order valence-electron chi connectivity index (χ3n) is 3.78. The Morgan fingerprint density at radius 3 is 2.67 bits per heavy atom. The zero-order valence-corrected chi connectivity index (χ0v) is 11.1. The van der Waals surface area contributed by atoms with Gasteiger partial charge in [0.05, 0.1) is 12.6 Å². The van der Waals surface area contributed by atoms with Crippen LogP contribution in [0.5, 0.6) is 0 Å². The van der Waals surface area contributed by atoms with Crippen LogP contribution in [0.1, 0.15) is 50.2 Å². The fraction of sp³-hybridized carbons (Fsp3) is 0.643. The molecule has 1 N–H and O–H groups in total. The van der Waals surface area contributed by atoms with Crippen LogP contribution in [0, 0.1) is 6.92 Å². The Labute approximate surface area is 108 Å². The predicted molar refractivity (Wildman–Crippen MR) is 68.5 cm³/mol. The normalized spacial score (nSPS) is 18.4. The first kappa shape index (κ1) is 13.1. The Balaban J connectivity index is 2.14. The Hall–Kier alpha value is -1.29. The zero-order valence-electron chi connectivity index (χ0n) is 11.1. The van der Waals surface area contributed by atoms with Crippen molar-refractivity contribution in [1.29, 1.82) is 0 Å². The van der Waals surface area contributed by atoms with Crippen LogP contribution in [-0.2, 0) is 4.79 Å². The summed E-state index contributed by atoms with van der Waals surface area (Å²) in [5.74, 6) is 0.969. The van der Waals surface area contributed by atoms with Crippen LogP contribution in [-0.4, -0.2) is 28.6 Å². The number of carboxylic acid groups (broad SMARTS) is 1. The third kappa shape index (κ3) is 2.93. The van der Waals surface area contributed by atoms with E-state index in [1.807, 2.05) is 26.0 Å². The van der Waals surface area contributed by atoms with Crippen molar-refractivity contribution >= 4 is 5.97 Å². The van der Waals surface area contributed by atoms with Crippen LogP contribution in [0.15, 0.2) is 16.5 Å². The van der Waals surface area contributed by atoms with Gasteiger partial charge >= 0.3 is 5.97 Å². The van der Waals surface area contributed by atoms with Crippen molar-refractivity contribution in [2.45, 2.75) is 51.6 Å². The molecule has 4 heteroatoms. The summed E-state index contributed by atoms with van der Waals surface area (Å²) in [4.78, 5) is 13.1. The van der Waals surface area contributed by atoms with E-state index in [0.717, 1.165) is 24.4 Å². The minimum absolute atomic E-state index is 0.0258. The summed E-state index contributed by atoms with van der Waals surface area (Å²) >= 11 is 0. The number of rotatable bonds is 5. The Bertz CT molecular complexity index is 407. The number of aryl methyl sites for hydroxylation is 1. The van der Waals surface area contributed by atoms with Crippen molar-refractivity contribution in [2.75, 3.05) is 6.54 Å². The van der Waals surface area contributed by atoms with Crippen LogP contribution in [0.2, 0.25) is 0 Å². The quantitative estimate of drug-likeness (QED) is 0.874. The molecule has 1 atom stereocenters. The van der Waals surface area contributed by atoms with Crippen molar-refractivity contribution in [3.8, 4) is 0 Å². The number of hydrogen-bond acceptors (Lipinski definition) is 3. The van der Waals surface area contributed by atoms with E-state index < -0.39 is 5.97 Å². The molecular formula is C14H21NO3. The predicted octanol–water partition coefficient (Wildman–Crippen LogP) is 2.98. The summed E-state index contributed by atoms with van der Waals surface area (Å²) in [5.41, 5.74) is 0. The van der Waals surface area contributed by atoms with Gasteiger partial charge in [-0.3, -0.25) is 9.69 Å². The van der Waals surface area contributed by atoms with Crippen LogP contribution in [0.4, 0.5) is 0 Å². The lowest BCUT2D eigenvalue weighted by Crippen LogP contribution is -2.39. The second-order valence-corrected chi connectivity index (χ2v) is 5.13. The molecule has 1 aliphatic rings. The molecule has 1 unspecified atom stereocenters. The van der Waals surface area contributed by atoms with Crippen molar-refractivity contribution < 1.29 is 14.3 Å². The standard InChI is InChI=1S/C14H21NO3/c1-10-7-8-13(18-10)11(2)15(9-14(16)17)12-5-3-4-6-12/h7-8,11-12H,3-6,9H2,1-2H3,(H,16,17). The molecule has 1 fully saturated rings. The molecule has 1 aromatic heterocycles. The minimum atomic E-state index is -0.767. The van der Waals surface area contributed by atoms with Gasteiger partial charge in [0.15, 0.2) is 0 Å². The number of hydrogen-bond donors (Lipinski definition) is 1. The lowest BCUT2D eigenvalue weighted by molar-refractivity contribution is -0.139. The first-order valence-electron chi connectivity index (χ1n) is 6.62. The van der Waals surface area contributed by atoms with Crippen LogP contribution >= 0.6 is 0 Å². The molecule has 1 aliphatic carbocycles. The molecule has 18 heavy (non-hydrogen) atoms. The zero-order chi connectivity index (χ0) is 13.1. The molecule has 0 radical (unpaired) electrons. The van der Waals surface area contributed by atoms with Gasteiger partial charge in [-0.2, -0.15) is 0 Å². The highest BCUT2D eigenvalue weighted by Crippen LogP contribution is 2.31. The smallest absolute Gasteiger partial charge is 0.317 e. The van der Waals surface area contributed by atoms with Gasteiger partial charge in [-0.25, -0.2) is 0 Å². The second kappa shape index (κ2) is 5.57. The highest BCUT2D eigenvalue weighted by molar-refractivity contribution is 5.69. The van der Waals surface area contributed by atoms with E-state index in [9.17, 15) is 4.79 Å². The Kier molecular flexibility index (Phi) is 4.07. The van der Waals surface area contributed by atoms with E-state index in [-0.39, 0.29) is 12.6 Å². The molecule has 1 saturated carbocycles. The summed E-state index contributed by atoms with van der Waals surface area (Å²) < 4.78 is 5.63. The maximum atomic E-state index is 11.0. The maximum Gasteiger partial charge on any atom is 0.317 e. The lowest BCUT2D eigenvalue weighted by atomic mass is 10.1. The average molecular weight is 251 g/mol. The van der Waals surface area contributed by atoms with Gasteiger partial charge in [-0.15, -0.1) is 0 Å². The Morgan fingerprint density at radius 2 is 2.17 bits per heavy atom. The number of nitrogens with zero attached hydrogens (tertiary/aromatic N) is 1. The van der Waals surface area contributed by atoms with Crippen LogP contribution in [0.25, 0.3) is 0 Å². The summed E-state index contributed by atoms with van der Waals surface area (Å²) in [5, 5.41) is 9.07. The topological polar surface area (TPSA) is 53.7 Å². The van der Waals surface area contributed by atoms with Crippen LogP contribution in [0.3, 0.4) is 0 Å². The molecule has 2 rings (SSSR count). The van der Waals surface area contributed by atoms with Gasteiger partial charge in [-0.05, 0) is 38.8 Å². The minimum Gasteiger partial charge on any atom is -0.480 e. The summed E-state index contributed by atoms with van der Waals surface area (Å²) in [7, 11) is 0. The van der Waals surface area contributed by atoms with Gasteiger partial charge in [0.25, 0.3) is 0 Å². The largest absolute Gasteiger partial charge is 0.480 e. The molecule has 4 nitrogen and oxygen atoms in total. The van der Waals surface area contributed by atoms with Gasteiger partial charge in [0.1, 0.15) is 11.5 Å². The van der Waals surface area contributed by atoms with Gasteiger partial charge in [0, 0.05) is 6.04 Å². The number of carbonyl (C=O) groups is 1. The fourth-order valence-electron chi connectivity index (χ4n) is 2.82. The lowest BCUT2D eigenvalue weighted by Gasteiger charge is -2.31. The number of furan rings is 1. The van der Waals surface area contributed by atoms with Crippen molar-refractivity contribution in [3.63, 3.8) is 0 Å². The van der Waals surface area contributed by atoms with Gasteiger partial charge < -0.3 is 9.52 Å². The van der Waals surface area contributed by atoms with E-state index in [0.29, 0.717) is 6.04 Å². The first-order chi connectivity index (χ1) is 8.58. The number of carboxylic acids is 1. The van der Waals surface area contributed by atoms with E-state index in [2.05, 4.69) is 4.90 Å². The SMILES string of the molecule is Cc1ccc(C(C)N(CC(=O)O)C2CCCC2)o1. The molecule has 100 valence electrons. The van der Waals surface area contributed by atoms with Crippen LogP contribution < -0.4 is 0 Å². The molecule has 0 bridgehead atoms. The highest BCUT2D eigenvalue weighted by Gasteiger charge is 2.30. The van der Waals surface area contributed by atoms with Crippen molar-refractivity contribution in [1.82, 2.24) is 4.90 Å². The highest BCUT2D eigenvalue weighted by atomic mass is 16.4. The molecular weight excluding hydrogens is 230 g/mol. The fourth-order valence-corrected chi connectivity index (χ4v) is 2.82. The van der Waals surface area contributed by atoms with E-state index in [1.165, 1.54) is 12.8 Å². The maximum absolute atomic E-state index is 11.0. The molecule has 0 amide bonds. The monoisotopic (exact) mass is 251 g/mol. The van der Waals surface area contributed by atoms with E-state index >= 15 is 0 Å². The third-order valence-corrected chi connectivity index (χ3v) is 3.78. The average Bonchev–Trinajstić information content (AvgIpc) is 2.95. The Morgan fingerprint density at radius 1 is 1.50 bits per heavy atom. The molecule has 1 heterocycles. The van der Waals surface area contributed by atoms with Crippen molar-refractivity contribution in [3.05, 3.63) is 23.7 Å². The summed E-state index contributed by atoms with van der Waals surface area (Å²) in [6.07, 6.45) is 4.59. The molecule has 0 aliphatic heterocycles. The van der Waals surface area contributed by atoms with E-state index in [4.69, 9.17) is 9.52 Å². The molecule has 0 aromatic carbocycles. The molecule has 0 saturated heterocycles. The second-order valence-electron chi connectivity index (χ2n) is 5.13. The summed E-state index contributed by atoms with van der Waals surface area (Å²) in [6.45, 7) is 4.03. The van der Waals surface area contributed by atoms with Gasteiger partial charge in [-0.1, -0.05) is 12.8 Å².